The van der Waals surface area contributed by atoms with Crippen LogP contribution in [0.25, 0.3) is 22.6 Å². The zero-order valence-electron chi connectivity index (χ0n) is 31.3. The number of amides is 1. The molecule has 13 nitrogen and oxygen atoms in total. The number of benzene rings is 4. The van der Waals surface area contributed by atoms with Crippen LogP contribution >= 0.6 is 0 Å². The van der Waals surface area contributed by atoms with Crippen molar-refractivity contribution >= 4 is 11.6 Å². The highest BCUT2D eigenvalue weighted by atomic mass is 16.5. The van der Waals surface area contributed by atoms with E-state index in [2.05, 4.69) is 15.8 Å². The highest BCUT2D eigenvalue weighted by Crippen LogP contribution is 2.43. The van der Waals surface area contributed by atoms with Crippen molar-refractivity contribution in [3.8, 4) is 68.6 Å². The van der Waals surface area contributed by atoms with E-state index in [1.54, 1.807) is 60.9 Å². The molecule has 1 aliphatic rings. The van der Waals surface area contributed by atoms with Crippen molar-refractivity contribution in [2.75, 3.05) is 61.2 Å². The van der Waals surface area contributed by atoms with E-state index in [0.717, 1.165) is 48.1 Å². The minimum absolute atomic E-state index is 0.180. The molecule has 1 unspecified atom stereocenters. The van der Waals surface area contributed by atoms with E-state index in [9.17, 15) is 4.79 Å². The van der Waals surface area contributed by atoms with E-state index in [4.69, 9.17) is 42.4 Å². The third-order valence-corrected chi connectivity index (χ3v) is 9.04. The number of aromatic nitrogens is 1. The molecule has 1 amide bonds. The Labute approximate surface area is 314 Å². The van der Waals surface area contributed by atoms with Gasteiger partial charge in [0.2, 0.25) is 5.75 Å². The van der Waals surface area contributed by atoms with Gasteiger partial charge in [0.05, 0.1) is 61.4 Å². The largest absolute Gasteiger partial charge is 0.497 e. The highest BCUT2D eigenvalue weighted by Gasteiger charge is 2.26. The summed E-state index contributed by atoms with van der Waals surface area (Å²) in [5.74, 6) is 4.92. The fraction of sp³-hybridized carbons (Fsp3) is 0.317. The Kier molecular flexibility index (Phi) is 12.2. The lowest BCUT2D eigenvalue weighted by molar-refractivity contribution is 0.0935. The summed E-state index contributed by atoms with van der Waals surface area (Å²) in [4.78, 5) is 12.8. The topological polar surface area (TPSA) is 141 Å². The summed E-state index contributed by atoms with van der Waals surface area (Å²) in [6.45, 7) is 1.06. The number of ether oxygens (including phenoxy) is 8. The smallest absolute Gasteiger partial charge is 0.255 e. The molecule has 0 spiro atoms. The number of unbranched alkanes of at least 4 members (excludes halogenated alkanes) is 3. The predicted molar refractivity (Wildman–Crippen MR) is 203 cm³/mol. The van der Waals surface area contributed by atoms with Gasteiger partial charge in [-0.3, -0.25) is 4.79 Å². The monoisotopic (exact) mass is 739 g/mol. The average molecular weight is 740 g/mol. The molecule has 0 fully saturated rings. The normalized spacial score (nSPS) is 13.2. The summed E-state index contributed by atoms with van der Waals surface area (Å²) in [5.41, 5.74) is 4.16. The molecule has 1 aromatic heterocycles. The maximum absolute atomic E-state index is 12.8. The van der Waals surface area contributed by atoms with Crippen molar-refractivity contribution in [1.29, 1.82) is 0 Å². The zero-order chi connectivity index (χ0) is 38.0. The number of anilines is 1. The van der Waals surface area contributed by atoms with Gasteiger partial charge in [0.25, 0.3) is 5.91 Å². The van der Waals surface area contributed by atoms with Gasteiger partial charge in [0.15, 0.2) is 40.3 Å². The van der Waals surface area contributed by atoms with Crippen molar-refractivity contribution in [1.82, 2.24) is 10.5 Å². The fourth-order valence-electron chi connectivity index (χ4n) is 6.24. The molecule has 6 rings (SSSR count). The number of hydrogen-bond acceptors (Lipinski definition) is 12. The Morgan fingerprint density at radius 3 is 1.98 bits per heavy atom. The molecule has 1 aliphatic heterocycles. The molecule has 2 N–H and O–H groups in total. The van der Waals surface area contributed by atoms with E-state index in [1.165, 1.54) is 0 Å². The first-order valence-corrected chi connectivity index (χ1v) is 17.5. The summed E-state index contributed by atoms with van der Waals surface area (Å²) >= 11 is 0. The molecular weight excluding hydrogens is 694 g/mol. The molecule has 0 radical (unpaired) electrons. The van der Waals surface area contributed by atoms with Gasteiger partial charge >= 0.3 is 0 Å². The Balaban J connectivity index is 0.977. The number of nitrogens with one attached hydrogen (secondary N) is 2. The number of fused-ring (bicyclic) bond motifs is 1. The van der Waals surface area contributed by atoms with Crippen LogP contribution < -0.4 is 48.5 Å². The number of carbonyl (C=O) groups is 1. The van der Waals surface area contributed by atoms with Crippen LogP contribution in [0, 0.1) is 0 Å². The molecule has 0 saturated carbocycles. The molecule has 4 aromatic carbocycles. The summed E-state index contributed by atoms with van der Waals surface area (Å²) in [6, 6.07) is 22.2. The average Bonchev–Trinajstić information content (AvgIpc) is 3.71. The number of rotatable bonds is 18. The first-order chi connectivity index (χ1) is 26.4. The summed E-state index contributed by atoms with van der Waals surface area (Å²) in [6.07, 6.45) is 3.23. The first kappa shape index (κ1) is 37.5. The van der Waals surface area contributed by atoms with Gasteiger partial charge in [0.1, 0.15) is 17.6 Å². The lowest BCUT2D eigenvalue weighted by atomic mass is 10.0. The second-order valence-corrected chi connectivity index (χ2v) is 12.3. The van der Waals surface area contributed by atoms with Crippen molar-refractivity contribution < 1.29 is 47.2 Å². The van der Waals surface area contributed by atoms with Gasteiger partial charge in [-0.05, 0) is 85.8 Å². The van der Waals surface area contributed by atoms with Gasteiger partial charge in [-0.2, -0.15) is 0 Å². The third-order valence-electron chi connectivity index (χ3n) is 9.04. The number of hydrogen-bond donors (Lipinski definition) is 2. The van der Waals surface area contributed by atoms with E-state index in [0.29, 0.717) is 76.2 Å². The van der Waals surface area contributed by atoms with Gasteiger partial charge in [-0.15, -0.1) is 0 Å². The standard InChI is InChI=1S/C41H45N3O10/c1-46-27-15-16-30-29(23-27)41(45)43-40(42-30)25-14-17-32(35(20-25)47-2)52-18-9-7-8-10-19-53-33-13-11-12-28(38(33)50-5)31-24-34(54-44-31)26-21-36(48-3)39(51-6)37(22-26)49-4/h11-17,20-24,40,42H,7-10,18-19H2,1-6H3,(H,43,45). The summed E-state index contributed by atoms with van der Waals surface area (Å²) in [7, 11) is 9.47. The fourth-order valence-corrected chi connectivity index (χ4v) is 6.24. The Hall–Kier alpha value is -6.24. The van der Waals surface area contributed by atoms with Gasteiger partial charge < -0.3 is 53.1 Å². The van der Waals surface area contributed by atoms with Crippen molar-refractivity contribution in [3.05, 3.63) is 83.9 Å². The van der Waals surface area contributed by atoms with Crippen LogP contribution in [0.1, 0.15) is 47.8 Å². The lowest BCUT2D eigenvalue weighted by Crippen LogP contribution is -2.38. The lowest BCUT2D eigenvalue weighted by Gasteiger charge is -2.28. The maximum Gasteiger partial charge on any atom is 0.255 e. The first-order valence-electron chi connectivity index (χ1n) is 17.5. The number of carbonyl (C=O) groups excluding carboxylic acids is 1. The van der Waals surface area contributed by atoms with Crippen LogP contribution in [0.4, 0.5) is 5.69 Å². The molecule has 0 aliphatic carbocycles. The SMILES string of the molecule is COc1ccc2c(c1)C(=O)NC(c1ccc(OCCCCCCOc3cccc(-c4cc(-c5cc(OC)c(OC)c(OC)c5)on4)c3OC)c(OC)c1)N2. The third kappa shape index (κ3) is 8.20. The van der Waals surface area contributed by atoms with Crippen molar-refractivity contribution in [2.45, 2.75) is 31.8 Å². The van der Waals surface area contributed by atoms with Crippen LogP contribution in [0.5, 0.6) is 46.0 Å². The molecule has 0 bridgehead atoms. The molecule has 54 heavy (non-hydrogen) atoms. The summed E-state index contributed by atoms with van der Waals surface area (Å²) < 4.78 is 51.0. The summed E-state index contributed by atoms with van der Waals surface area (Å²) in [5, 5.41) is 10.7. The second-order valence-electron chi connectivity index (χ2n) is 12.3. The Morgan fingerprint density at radius 2 is 1.31 bits per heavy atom. The molecule has 284 valence electrons. The minimum Gasteiger partial charge on any atom is -0.497 e. The maximum atomic E-state index is 12.8. The van der Waals surface area contributed by atoms with E-state index >= 15 is 0 Å². The molecular formula is C41H45N3O10. The molecule has 0 saturated heterocycles. The van der Waals surface area contributed by atoms with Crippen molar-refractivity contribution in [2.24, 2.45) is 0 Å². The van der Waals surface area contributed by atoms with E-state index in [-0.39, 0.29) is 5.91 Å². The molecule has 5 aromatic rings. The Morgan fingerprint density at radius 1 is 0.611 bits per heavy atom. The molecule has 1 atom stereocenters. The van der Waals surface area contributed by atoms with Gasteiger partial charge in [-0.25, -0.2) is 0 Å². The van der Waals surface area contributed by atoms with Gasteiger partial charge in [0, 0.05) is 22.9 Å². The van der Waals surface area contributed by atoms with Crippen LogP contribution in [0.2, 0.25) is 0 Å². The zero-order valence-corrected chi connectivity index (χ0v) is 31.3. The Bertz CT molecular complexity index is 2040. The van der Waals surface area contributed by atoms with Crippen LogP contribution in [0.15, 0.2) is 77.3 Å². The number of para-hydroxylation sites is 1. The van der Waals surface area contributed by atoms with Crippen LogP contribution in [-0.2, 0) is 0 Å². The quantitative estimate of drug-likeness (QED) is 0.0843. The molecule has 13 heteroatoms. The van der Waals surface area contributed by atoms with E-state index in [1.807, 2.05) is 54.6 Å². The second kappa shape index (κ2) is 17.5. The van der Waals surface area contributed by atoms with Crippen molar-refractivity contribution in [3.63, 3.8) is 0 Å². The predicted octanol–water partition coefficient (Wildman–Crippen LogP) is 7.93. The molecule has 2 heterocycles. The minimum atomic E-state index is -0.415. The highest BCUT2D eigenvalue weighted by molar-refractivity contribution is 6.02. The van der Waals surface area contributed by atoms with Crippen LogP contribution in [0.3, 0.4) is 0 Å². The number of methoxy groups -OCH3 is 6. The van der Waals surface area contributed by atoms with Gasteiger partial charge in [-0.1, -0.05) is 17.3 Å². The van der Waals surface area contributed by atoms with E-state index < -0.39 is 6.17 Å². The number of nitrogens with zero attached hydrogens (tertiary/aromatic N) is 1. The van der Waals surface area contributed by atoms with Crippen LogP contribution in [-0.4, -0.2) is 66.9 Å².